The SMILES string of the molecule is NC(=O)CCCCCc1ccsc1. The van der Waals surface area contributed by atoms with Crippen molar-refractivity contribution in [1.29, 1.82) is 0 Å². The van der Waals surface area contributed by atoms with E-state index in [0.717, 1.165) is 25.7 Å². The van der Waals surface area contributed by atoms with Gasteiger partial charge in [-0.15, -0.1) is 0 Å². The van der Waals surface area contributed by atoms with Gasteiger partial charge in [0.1, 0.15) is 0 Å². The Morgan fingerprint density at radius 1 is 1.38 bits per heavy atom. The summed E-state index contributed by atoms with van der Waals surface area (Å²) in [5.41, 5.74) is 6.44. The third kappa shape index (κ3) is 4.68. The number of unbranched alkanes of at least 4 members (excludes halogenated alkanes) is 2. The summed E-state index contributed by atoms with van der Waals surface area (Å²) in [7, 11) is 0. The van der Waals surface area contributed by atoms with Gasteiger partial charge in [0, 0.05) is 6.42 Å². The van der Waals surface area contributed by atoms with E-state index in [1.807, 2.05) is 0 Å². The first-order valence-electron chi connectivity index (χ1n) is 4.58. The second-order valence-electron chi connectivity index (χ2n) is 3.16. The highest BCUT2D eigenvalue weighted by atomic mass is 32.1. The zero-order valence-electron chi connectivity index (χ0n) is 7.66. The Morgan fingerprint density at radius 2 is 2.23 bits per heavy atom. The number of primary amides is 1. The van der Waals surface area contributed by atoms with Crippen LogP contribution in [0, 0.1) is 0 Å². The van der Waals surface area contributed by atoms with E-state index < -0.39 is 0 Å². The number of rotatable bonds is 6. The molecule has 13 heavy (non-hydrogen) atoms. The van der Waals surface area contributed by atoms with Crippen molar-refractivity contribution in [2.75, 3.05) is 0 Å². The monoisotopic (exact) mass is 197 g/mol. The molecule has 0 unspecified atom stereocenters. The fourth-order valence-electron chi connectivity index (χ4n) is 1.24. The van der Waals surface area contributed by atoms with E-state index in [0.29, 0.717) is 6.42 Å². The highest BCUT2D eigenvalue weighted by Gasteiger charge is 1.96. The Hall–Kier alpha value is -0.830. The fraction of sp³-hybridized carbons (Fsp3) is 0.500. The summed E-state index contributed by atoms with van der Waals surface area (Å²) in [4.78, 5) is 10.4. The minimum atomic E-state index is -0.185. The molecule has 1 rings (SSSR count). The number of amides is 1. The van der Waals surface area contributed by atoms with Gasteiger partial charge in [0.15, 0.2) is 0 Å². The number of aryl methyl sites for hydroxylation is 1. The standard InChI is InChI=1S/C10H15NOS/c11-10(12)5-3-1-2-4-9-6-7-13-8-9/h6-8H,1-5H2,(H2,11,12). The predicted molar refractivity (Wildman–Crippen MR) is 55.7 cm³/mol. The Bertz CT molecular complexity index is 243. The van der Waals surface area contributed by atoms with Gasteiger partial charge in [-0.25, -0.2) is 0 Å². The first kappa shape index (κ1) is 10.3. The normalized spacial score (nSPS) is 10.2. The number of thiophene rings is 1. The van der Waals surface area contributed by atoms with Gasteiger partial charge >= 0.3 is 0 Å². The molecule has 0 fully saturated rings. The number of hydrogen-bond acceptors (Lipinski definition) is 2. The number of hydrogen-bond donors (Lipinski definition) is 1. The summed E-state index contributed by atoms with van der Waals surface area (Å²) in [5.74, 6) is -0.185. The van der Waals surface area contributed by atoms with Crippen LogP contribution >= 0.6 is 11.3 Å². The lowest BCUT2D eigenvalue weighted by Gasteiger charge is -1.97. The van der Waals surface area contributed by atoms with Crippen molar-refractivity contribution in [2.24, 2.45) is 5.73 Å². The second kappa shape index (κ2) is 5.75. The van der Waals surface area contributed by atoms with Crippen LogP contribution < -0.4 is 5.73 Å². The van der Waals surface area contributed by atoms with Crippen molar-refractivity contribution in [3.63, 3.8) is 0 Å². The van der Waals surface area contributed by atoms with Crippen molar-refractivity contribution in [3.8, 4) is 0 Å². The van der Waals surface area contributed by atoms with Gasteiger partial charge in [-0.2, -0.15) is 11.3 Å². The Balaban J connectivity index is 1.99. The molecule has 2 N–H and O–H groups in total. The topological polar surface area (TPSA) is 43.1 Å². The molecular formula is C10H15NOS. The largest absolute Gasteiger partial charge is 0.370 e. The van der Waals surface area contributed by atoms with Crippen LogP contribution in [0.15, 0.2) is 16.8 Å². The van der Waals surface area contributed by atoms with Crippen molar-refractivity contribution in [2.45, 2.75) is 32.1 Å². The molecule has 0 aliphatic carbocycles. The smallest absolute Gasteiger partial charge is 0.217 e. The zero-order chi connectivity index (χ0) is 9.52. The van der Waals surface area contributed by atoms with Gasteiger partial charge in [-0.05, 0) is 41.7 Å². The minimum absolute atomic E-state index is 0.185. The van der Waals surface area contributed by atoms with E-state index in [-0.39, 0.29) is 5.91 Å². The molecule has 72 valence electrons. The highest BCUT2D eigenvalue weighted by Crippen LogP contribution is 2.10. The molecule has 1 aromatic heterocycles. The van der Waals surface area contributed by atoms with Gasteiger partial charge < -0.3 is 5.73 Å². The lowest BCUT2D eigenvalue weighted by atomic mass is 10.1. The number of carbonyl (C=O) groups is 1. The predicted octanol–water partition coefficient (Wildman–Crippen LogP) is 2.34. The molecule has 0 saturated heterocycles. The Kier molecular flexibility index (Phi) is 4.54. The molecule has 0 saturated carbocycles. The summed E-state index contributed by atoms with van der Waals surface area (Å²) in [6, 6.07) is 2.15. The summed E-state index contributed by atoms with van der Waals surface area (Å²) < 4.78 is 0. The van der Waals surface area contributed by atoms with E-state index in [2.05, 4.69) is 16.8 Å². The molecule has 1 heterocycles. The molecular weight excluding hydrogens is 182 g/mol. The first-order chi connectivity index (χ1) is 6.29. The van der Waals surface area contributed by atoms with Crippen LogP contribution in [0.3, 0.4) is 0 Å². The maximum atomic E-state index is 10.4. The first-order valence-corrected chi connectivity index (χ1v) is 5.52. The zero-order valence-corrected chi connectivity index (χ0v) is 8.48. The molecule has 3 heteroatoms. The molecule has 0 radical (unpaired) electrons. The molecule has 0 aliphatic heterocycles. The van der Waals surface area contributed by atoms with Crippen molar-refractivity contribution >= 4 is 17.2 Å². The van der Waals surface area contributed by atoms with Gasteiger partial charge in [0.2, 0.25) is 5.91 Å². The molecule has 0 bridgehead atoms. The maximum Gasteiger partial charge on any atom is 0.217 e. The van der Waals surface area contributed by atoms with E-state index in [4.69, 9.17) is 5.73 Å². The van der Waals surface area contributed by atoms with Gasteiger partial charge in [0.25, 0.3) is 0 Å². The van der Waals surface area contributed by atoms with Crippen molar-refractivity contribution < 1.29 is 4.79 Å². The highest BCUT2D eigenvalue weighted by molar-refractivity contribution is 7.07. The summed E-state index contributed by atoms with van der Waals surface area (Å²) in [5, 5.41) is 4.27. The average molecular weight is 197 g/mol. The van der Waals surface area contributed by atoms with Gasteiger partial charge in [0.05, 0.1) is 0 Å². The molecule has 0 spiro atoms. The lowest BCUT2D eigenvalue weighted by molar-refractivity contribution is -0.118. The van der Waals surface area contributed by atoms with E-state index in [9.17, 15) is 4.79 Å². The quantitative estimate of drug-likeness (QED) is 0.699. The minimum Gasteiger partial charge on any atom is -0.370 e. The van der Waals surface area contributed by atoms with Crippen LogP contribution in [-0.2, 0) is 11.2 Å². The maximum absolute atomic E-state index is 10.4. The Labute approximate surface area is 82.8 Å². The summed E-state index contributed by atoms with van der Waals surface area (Å²) in [6.45, 7) is 0. The third-order valence-corrected chi connectivity index (χ3v) is 2.70. The molecule has 0 aliphatic rings. The third-order valence-electron chi connectivity index (χ3n) is 1.97. The lowest BCUT2D eigenvalue weighted by Crippen LogP contribution is -2.09. The van der Waals surface area contributed by atoms with Crippen LogP contribution in [0.2, 0.25) is 0 Å². The van der Waals surface area contributed by atoms with Crippen LogP contribution in [-0.4, -0.2) is 5.91 Å². The molecule has 1 amide bonds. The van der Waals surface area contributed by atoms with E-state index in [1.54, 1.807) is 11.3 Å². The van der Waals surface area contributed by atoms with Crippen LogP contribution in [0.1, 0.15) is 31.2 Å². The van der Waals surface area contributed by atoms with Crippen LogP contribution in [0.4, 0.5) is 0 Å². The average Bonchev–Trinajstić information content (AvgIpc) is 2.55. The van der Waals surface area contributed by atoms with Crippen molar-refractivity contribution in [3.05, 3.63) is 22.4 Å². The fourth-order valence-corrected chi connectivity index (χ4v) is 1.94. The van der Waals surface area contributed by atoms with E-state index in [1.165, 1.54) is 5.56 Å². The van der Waals surface area contributed by atoms with Gasteiger partial charge in [-0.3, -0.25) is 4.79 Å². The number of nitrogens with two attached hydrogens (primary N) is 1. The summed E-state index contributed by atoms with van der Waals surface area (Å²) >= 11 is 1.73. The van der Waals surface area contributed by atoms with Crippen LogP contribution in [0.25, 0.3) is 0 Å². The molecule has 1 aromatic rings. The van der Waals surface area contributed by atoms with E-state index >= 15 is 0 Å². The number of carbonyl (C=O) groups excluding carboxylic acids is 1. The van der Waals surface area contributed by atoms with Crippen molar-refractivity contribution in [1.82, 2.24) is 0 Å². The Morgan fingerprint density at radius 3 is 2.85 bits per heavy atom. The molecule has 0 atom stereocenters. The molecule has 2 nitrogen and oxygen atoms in total. The summed E-state index contributed by atoms with van der Waals surface area (Å²) in [6.07, 6.45) is 4.84. The molecule has 0 aromatic carbocycles. The second-order valence-corrected chi connectivity index (χ2v) is 3.94. The van der Waals surface area contributed by atoms with Gasteiger partial charge in [-0.1, -0.05) is 6.42 Å². The van der Waals surface area contributed by atoms with Crippen LogP contribution in [0.5, 0.6) is 0 Å².